The van der Waals surface area contributed by atoms with Crippen LogP contribution in [0.25, 0.3) is 0 Å². The van der Waals surface area contributed by atoms with Crippen molar-refractivity contribution in [1.29, 1.82) is 0 Å². The molecule has 0 bridgehead atoms. The standard InChI is InChI=1S/C10H14O4S/c11-10(12)5-1-6-7(2-5)9-4-15(13,14)3-8(6)9/h5-9H,1-4H2,(H,11,12)/t5?,6-,7+,8-,9-/m1/s1. The van der Waals surface area contributed by atoms with Gasteiger partial charge in [-0.3, -0.25) is 4.79 Å². The zero-order valence-electron chi connectivity index (χ0n) is 8.30. The Morgan fingerprint density at radius 1 is 1.00 bits per heavy atom. The second kappa shape index (κ2) is 2.75. The summed E-state index contributed by atoms with van der Waals surface area (Å²) in [7, 11) is -2.81. The third-order valence-corrected chi connectivity index (χ3v) is 6.34. The predicted molar refractivity (Wildman–Crippen MR) is 53.0 cm³/mol. The smallest absolute Gasteiger partial charge is 0.306 e. The van der Waals surface area contributed by atoms with Gasteiger partial charge in [0.25, 0.3) is 0 Å². The van der Waals surface area contributed by atoms with E-state index < -0.39 is 15.8 Å². The van der Waals surface area contributed by atoms with Crippen molar-refractivity contribution in [3.63, 3.8) is 0 Å². The Morgan fingerprint density at radius 3 is 1.87 bits per heavy atom. The van der Waals surface area contributed by atoms with Gasteiger partial charge < -0.3 is 5.11 Å². The van der Waals surface area contributed by atoms with E-state index in [1.165, 1.54) is 0 Å². The topological polar surface area (TPSA) is 71.4 Å². The Labute approximate surface area is 88.6 Å². The number of rotatable bonds is 1. The van der Waals surface area contributed by atoms with E-state index in [2.05, 4.69) is 0 Å². The van der Waals surface area contributed by atoms with Crippen LogP contribution in [0.3, 0.4) is 0 Å². The van der Waals surface area contributed by atoms with Crippen LogP contribution in [0.5, 0.6) is 0 Å². The first-order chi connectivity index (χ1) is 6.98. The molecular formula is C10H14O4S. The average Bonchev–Trinajstić information content (AvgIpc) is 2.62. The molecule has 0 radical (unpaired) electrons. The SMILES string of the molecule is O=C(O)C1C[C@@H]2[C@H](C1)[C@H]1CS(=O)(=O)C[C@H]21. The molecule has 1 N–H and O–H groups in total. The van der Waals surface area contributed by atoms with Crippen molar-refractivity contribution < 1.29 is 18.3 Å². The Hall–Kier alpha value is -0.580. The molecule has 3 rings (SSSR count). The third-order valence-electron chi connectivity index (χ3n) is 4.56. The minimum Gasteiger partial charge on any atom is -0.481 e. The lowest BCUT2D eigenvalue weighted by molar-refractivity contribution is -0.141. The van der Waals surface area contributed by atoms with Crippen LogP contribution < -0.4 is 0 Å². The zero-order chi connectivity index (χ0) is 10.8. The summed E-state index contributed by atoms with van der Waals surface area (Å²) < 4.78 is 22.8. The number of hydrogen-bond donors (Lipinski definition) is 1. The van der Waals surface area contributed by atoms with E-state index in [-0.39, 0.29) is 17.8 Å². The van der Waals surface area contributed by atoms with Gasteiger partial charge in [0.05, 0.1) is 17.4 Å². The number of sulfone groups is 1. The molecule has 0 aromatic carbocycles. The van der Waals surface area contributed by atoms with Crippen molar-refractivity contribution in [2.75, 3.05) is 11.5 Å². The van der Waals surface area contributed by atoms with Gasteiger partial charge >= 0.3 is 5.97 Å². The van der Waals surface area contributed by atoms with E-state index in [9.17, 15) is 13.2 Å². The highest BCUT2D eigenvalue weighted by Crippen LogP contribution is 2.60. The van der Waals surface area contributed by atoms with Crippen LogP contribution >= 0.6 is 0 Å². The molecule has 1 unspecified atom stereocenters. The number of aliphatic carboxylic acids is 1. The van der Waals surface area contributed by atoms with Crippen LogP contribution in [-0.2, 0) is 14.6 Å². The highest BCUT2D eigenvalue weighted by atomic mass is 32.2. The molecule has 2 saturated carbocycles. The molecule has 5 heteroatoms. The second-order valence-electron chi connectivity index (χ2n) is 5.24. The van der Waals surface area contributed by atoms with Gasteiger partial charge in [0.15, 0.2) is 9.84 Å². The molecule has 0 aromatic rings. The fourth-order valence-corrected chi connectivity index (χ4v) is 6.23. The maximum atomic E-state index is 11.4. The summed E-state index contributed by atoms with van der Waals surface area (Å²) >= 11 is 0. The van der Waals surface area contributed by atoms with Gasteiger partial charge in [-0.25, -0.2) is 8.42 Å². The lowest BCUT2D eigenvalue weighted by Crippen LogP contribution is -2.42. The molecule has 15 heavy (non-hydrogen) atoms. The summed E-state index contributed by atoms with van der Waals surface area (Å²) in [6.45, 7) is 0. The second-order valence-corrected chi connectivity index (χ2v) is 7.39. The number of carboxylic acid groups (broad SMARTS) is 1. The highest BCUT2D eigenvalue weighted by molar-refractivity contribution is 7.91. The minimum absolute atomic E-state index is 0.215. The van der Waals surface area contributed by atoms with Gasteiger partial charge in [0.2, 0.25) is 0 Å². The van der Waals surface area contributed by atoms with Crippen molar-refractivity contribution in [2.24, 2.45) is 29.6 Å². The lowest BCUT2D eigenvalue weighted by atomic mass is 9.60. The molecule has 3 aliphatic rings. The van der Waals surface area contributed by atoms with E-state index in [1.807, 2.05) is 0 Å². The molecule has 4 nitrogen and oxygen atoms in total. The van der Waals surface area contributed by atoms with Gasteiger partial charge in [0, 0.05) is 0 Å². The summed E-state index contributed by atoms with van der Waals surface area (Å²) in [6, 6.07) is 0. The average molecular weight is 230 g/mol. The monoisotopic (exact) mass is 230 g/mol. The van der Waals surface area contributed by atoms with Gasteiger partial charge in [-0.05, 0) is 36.5 Å². The third kappa shape index (κ3) is 1.25. The molecule has 1 aliphatic heterocycles. The van der Waals surface area contributed by atoms with Crippen molar-refractivity contribution in [1.82, 2.24) is 0 Å². The molecule has 84 valence electrons. The summed E-state index contributed by atoms with van der Waals surface area (Å²) in [6.07, 6.45) is 1.41. The first-order valence-electron chi connectivity index (χ1n) is 5.41. The van der Waals surface area contributed by atoms with E-state index in [0.29, 0.717) is 36.2 Å². The zero-order valence-corrected chi connectivity index (χ0v) is 9.11. The first-order valence-corrected chi connectivity index (χ1v) is 7.23. The van der Waals surface area contributed by atoms with Crippen LogP contribution in [0, 0.1) is 29.6 Å². The van der Waals surface area contributed by atoms with Crippen molar-refractivity contribution in [3.8, 4) is 0 Å². The van der Waals surface area contributed by atoms with Gasteiger partial charge in [-0.15, -0.1) is 0 Å². The number of hydrogen-bond acceptors (Lipinski definition) is 3. The van der Waals surface area contributed by atoms with Gasteiger partial charge in [0.1, 0.15) is 0 Å². The number of carbonyl (C=O) groups is 1. The summed E-state index contributed by atoms with van der Waals surface area (Å²) in [5.41, 5.74) is 0. The number of carboxylic acids is 1. The Balaban J connectivity index is 1.78. The lowest BCUT2D eigenvalue weighted by Gasteiger charge is -2.43. The normalized spacial score (nSPS) is 50.5. The van der Waals surface area contributed by atoms with Crippen LogP contribution in [0.15, 0.2) is 0 Å². The van der Waals surface area contributed by atoms with Crippen molar-refractivity contribution >= 4 is 15.8 Å². The molecule has 5 atom stereocenters. The molecular weight excluding hydrogens is 216 g/mol. The molecule has 1 heterocycles. The minimum atomic E-state index is -2.81. The van der Waals surface area contributed by atoms with Crippen molar-refractivity contribution in [2.45, 2.75) is 12.8 Å². The van der Waals surface area contributed by atoms with Gasteiger partial charge in [-0.1, -0.05) is 0 Å². The van der Waals surface area contributed by atoms with E-state index in [4.69, 9.17) is 5.11 Å². The predicted octanol–water partition coefficient (Wildman–Crippen LogP) is 0.388. The van der Waals surface area contributed by atoms with Crippen LogP contribution in [0.4, 0.5) is 0 Å². The molecule has 3 fully saturated rings. The summed E-state index contributed by atoms with van der Waals surface area (Å²) in [5.74, 6) is 1.03. The Bertz CT molecular complexity index is 387. The molecule has 0 spiro atoms. The van der Waals surface area contributed by atoms with E-state index in [0.717, 1.165) is 0 Å². The number of fused-ring (bicyclic) bond motifs is 4. The van der Waals surface area contributed by atoms with E-state index >= 15 is 0 Å². The molecule has 2 aliphatic carbocycles. The quantitative estimate of drug-likeness (QED) is 0.707. The van der Waals surface area contributed by atoms with Crippen LogP contribution in [-0.4, -0.2) is 31.0 Å². The van der Waals surface area contributed by atoms with Crippen molar-refractivity contribution in [3.05, 3.63) is 0 Å². The first kappa shape index (κ1) is 9.63. The van der Waals surface area contributed by atoms with E-state index in [1.54, 1.807) is 0 Å². The maximum Gasteiger partial charge on any atom is 0.306 e. The highest BCUT2D eigenvalue weighted by Gasteiger charge is 2.60. The fourth-order valence-electron chi connectivity index (χ4n) is 3.93. The largest absolute Gasteiger partial charge is 0.481 e. The summed E-state index contributed by atoms with van der Waals surface area (Å²) in [4.78, 5) is 10.8. The van der Waals surface area contributed by atoms with Crippen LogP contribution in [0.2, 0.25) is 0 Å². The molecule has 0 amide bonds. The Morgan fingerprint density at radius 2 is 1.47 bits per heavy atom. The Kier molecular flexibility index (Phi) is 1.77. The molecule has 0 aromatic heterocycles. The summed E-state index contributed by atoms with van der Waals surface area (Å²) in [5, 5.41) is 8.92. The fraction of sp³-hybridized carbons (Fsp3) is 0.900. The molecule has 1 saturated heterocycles. The van der Waals surface area contributed by atoms with Gasteiger partial charge in [-0.2, -0.15) is 0 Å². The van der Waals surface area contributed by atoms with Crippen LogP contribution in [0.1, 0.15) is 12.8 Å². The maximum absolute atomic E-state index is 11.4.